The lowest BCUT2D eigenvalue weighted by molar-refractivity contribution is -0.150. The van der Waals surface area contributed by atoms with Gasteiger partial charge in [-0.05, 0) is 27.2 Å². The summed E-state index contributed by atoms with van der Waals surface area (Å²) in [5, 5.41) is 6.86. The number of thioether (sulfide) groups is 1. The minimum absolute atomic E-state index is 0.0305. The molecule has 1 fully saturated rings. The molecule has 0 spiro atoms. The van der Waals surface area contributed by atoms with E-state index >= 15 is 0 Å². The Morgan fingerprint density at radius 3 is 2.64 bits per heavy atom. The van der Waals surface area contributed by atoms with Crippen LogP contribution in [0.4, 0.5) is 5.69 Å². The highest BCUT2D eigenvalue weighted by molar-refractivity contribution is 8.02. The summed E-state index contributed by atoms with van der Waals surface area (Å²) in [6, 6.07) is 0. The number of ether oxygens (including phenoxy) is 1. The molecule has 8 nitrogen and oxygen atoms in total. The first-order valence-corrected chi connectivity index (χ1v) is 10.8. The number of hydrogen-bond acceptors (Lipinski definition) is 7. The predicted octanol–water partition coefficient (Wildman–Crippen LogP) is 0.827. The summed E-state index contributed by atoms with van der Waals surface area (Å²) in [5.41, 5.74) is 2.10. The maximum absolute atomic E-state index is 12.2. The summed E-state index contributed by atoms with van der Waals surface area (Å²) < 4.78 is 29.6. The Hall–Kier alpha value is -1.55. The van der Waals surface area contributed by atoms with E-state index < -0.39 is 27.8 Å². The van der Waals surface area contributed by atoms with Crippen LogP contribution in [-0.4, -0.2) is 58.7 Å². The van der Waals surface area contributed by atoms with Crippen molar-refractivity contribution in [2.45, 2.75) is 38.5 Å². The van der Waals surface area contributed by atoms with Crippen LogP contribution in [0.25, 0.3) is 0 Å². The zero-order valence-electron chi connectivity index (χ0n) is 14.7. The molecule has 25 heavy (non-hydrogen) atoms. The number of rotatable bonds is 6. The maximum atomic E-state index is 12.2. The molecule has 1 aromatic rings. The van der Waals surface area contributed by atoms with Gasteiger partial charge < -0.3 is 10.1 Å². The minimum atomic E-state index is -2.97. The second-order valence-corrected chi connectivity index (χ2v) is 9.64. The number of carbonyl (C=O) groups excluding carboxylic acids is 2. The van der Waals surface area contributed by atoms with E-state index in [2.05, 4.69) is 10.4 Å². The normalized spacial score (nSPS) is 20.2. The number of sulfone groups is 1. The SMILES string of the molecule is Cc1nn(C)c(C)c1NC(=O)[C@H](C)OC(=O)CS[C@@H]1CCS(=O)(=O)C1. The number of nitrogens with one attached hydrogen (secondary N) is 1. The first-order valence-electron chi connectivity index (χ1n) is 7.91. The Kier molecular flexibility index (Phi) is 6.15. The van der Waals surface area contributed by atoms with Crippen molar-refractivity contribution in [2.75, 3.05) is 22.6 Å². The molecule has 2 rings (SSSR count). The maximum Gasteiger partial charge on any atom is 0.316 e. The van der Waals surface area contributed by atoms with Gasteiger partial charge in [0, 0.05) is 12.3 Å². The lowest BCUT2D eigenvalue weighted by atomic mass is 10.3. The molecular formula is C15H23N3O5S2. The van der Waals surface area contributed by atoms with Crippen molar-refractivity contribution in [3.63, 3.8) is 0 Å². The van der Waals surface area contributed by atoms with Crippen LogP contribution in [-0.2, 0) is 31.2 Å². The first-order chi connectivity index (χ1) is 11.6. The quantitative estimate of drug-likeness (QED) is 0.718. The van der Waals surface area contributed by atoms with E-state index in [-0.39, 0.29) is 22.5 Å². The first kappa shape index (κ1) is 19.8. The van der Waals surface area contributed by atoms with Gasteiger partial charge in [0.1, 0.15) is 0 Å². The highest BCUT2D eigenvalue weighted by Gasteiger charge is 2.29. The molecule has 0 saturated carbocycles. The summed E-state index contributed by atoms with van der Waals surface area (Å²) in [6.45, 7) is 5.11. The van der Waals surface area contributed by atoms with E-state index in [1.165, 1.54) is 18.7 Å². The van der Waals surface area contributed by atoms with Crippen LogP contribution in [0, 0.1) is 13.8 Å². The molecular weight excluding hydrogens is 366 g/mol. The van der Waals surface area contributed by atoms with Crippen LogP contribution in [0.5, 0.6) is 0 Å². The van der Waals surface area contributed by atoms with Gasteiger partial charge in [-0.25, -0.2) is 8.42 Å². The van der Waals surface area contributed by atoms with Crippen LogP contribution < -0.4 is 5.32 Å². The number of nitrogens with zero attached hydrogens (tertiary/aromatic N) is 2. The monoisotopic (exact) mass is 389 g/mol. The standard InChI is InChI=1S/C15H23N3O5S2/c1-9-14(10(2)18(4)17-9)16-15(20)11(3)23-13(19)7-24-12-5-6-25(21,22)8-12/h11-12H,5-8H2,1-4H3,(H,16,20)/t11-,12+/m0/s1. The van der Waals surface area contributed by atoms with Crippen LogP contribution in [0.15, 0.2) is 0 Å². The van der Waals surface area contributed by atoms with Gasteiger partial charge in [-0.2, -0.15) is 5.10 Å². The molecule has 1 aliphatic rings. The van der Waals surface area contributed by atoms with E-state index in [1.54, 1.807) is 18.7 Å². The molecule has 1 amide bonds. The summed E-state index contributed by atoms with van der Waals surface area (Å²) in [4.78, 5) is 24.1. The molecule has 140 valence electrons. The summed E-state index contributed by atoms with van der Waals surface area (Å²) in [5.74, 6) is -0.663. The van der Waals surface area contributed by atoms with Gasteiger partial charge in [-0.15, -0.1) is 11.8 Å². The number of anilines is 1. The number of esters is 1. The van der Waals surface area contributed by atoms with Gasteiger partial charge in [0.25, 0.3) is 5.91 Å². The predicted molar refractivity (Wildman–Crippen MR) is 96.4 cm³/mol. The number of hydrogen-bond donors (Lipinski definition) is 1. The van der Waals surface area contributed by atoms with Gasteiger partial charge in [0.05, 0.1) is 34.3 Å². The van der Waals surface area contributed by atoms with Gasteiger partial charge in [-0.3, -0.25) is 14.3 Å². The van der Waals surface area contributed by atoms with E-state index in [0.717, 1.165) is 5.69 Å². The van der Waals surface area contributed by atoms with Crippen molar-refractivity contribution < 1.29 is 22.7 Å². The van der Waals surface area contributed by atoms with Crippen molar-refractivity contribution in [2.24, 2.45) is 7.05 Å². The van der Waals surface area contributed by atoms with Crippen LogP contribution in [0.2, 0.25) is 0 Å². The third-order valence-corrected chi connectivity index (χ3v) is 7.32. The number of carbonyl (C=O) groups is 2. The molecule has 0 aromatic carbocycles. The fourth-order valence-corrected chi connectivity index (χ4v) is 5.97. The number of amides is 1. The molecule has 10 heteroatoms. The van der Waals surface area contributed by atoms with E-state index in [0.29, 0.717) is 17.8 Å². The molecule has 0 aliphatic carbocycles. The summed E-state index contributed by atoms with van der Waals surface area (Å²) in [6.07, 6.45) is -0.394. The van der Waals surface area contributed by atoms with E-state index in [4.69, 9.17) is 4.74 Å². The smallest absolute Gasteiger partial charge is 0.316 e. The highest BCUT2D eigenvalue weighted by Crippen LogP contribution is 2.24. The zero-order valence-corrected chi connectivity index (χ0v) is 16.4. The third kappa shape index (κ3) is 5.21. The molecule has 1 saturated heterocycles. The molecule has 1 aromatic heterocycles. The average molecular weight is 389 g/mol. The Labute approximate surface area is 151 Å². The average Bonchev–Trinajstić information content (AvgIpc) is 2.98. The van der Waals surface area contributed by atoms with Crippen molar-refractivity contribution in [3.8, 4) is 0 Å². The highest BCUT2D eigenvalue weighted by atomic mass is 32.2. The van der Waals surface area contributed by atoms with Gasteiger partial charge in [0.2, 0.25) is 0 Å². The van der Waals surface area contributed by atoms with Gasteiger partial charge in [0.15, 0.2) is 15.9 Å². The zero-order chi connectivity index (χ0) is 18.8. The number of aryl methyl sites for hydroxylation is 2. The fourth-order valence-electron chi connectivity index (χ4n) is 2.54. The Morgan fingerprint density at radius 2 is 2.12 bits per heavy atom. The fraction of sp³-hybridized carbons (Fsp3) is 0.667. The molecule has 0 radical (unpaired) electrons. The Balaban J connectivity index is 1.81. The molecule has 0 unspecified atom stereocenters. The van der Waals surface area contributed by atoms with Crippen LogP contribution in [0.1, 0.15) is 24.7 Å². The van der Waals surface area contributed by atoms with Crippen LogP contribution in [0.3, 0.4) is 0 Å². The minimum Gasteiger partial charge on any atom is -0.452 e. The molecule has 1 N–H and O–H groups in total. The molecule has 2 atom stereocenters. The molecule has 2 heterocycles. The molecule has 0 bridgehead atoms. The molecule has 1 aliphatic heterocycles. The second kappa shape index (κ2) is 7.77. The summed E-state index contributed by atoms with van der Waals surface area (Å²) in [7, 11) is -1.19. The largest absolute Gasteiger partial charge is 0.452 e. The topological polar surface area (TPSA) is 107 Å². The Bertz CT molecular complexity index is 772. The van der Waals surface area contributed by atoms with Crippen molar-refractivity contribution in [1.82, 2.24) is 9.78 Å². The van der Waals surface area contributed by atoms with Gasteiger partial charge in [-0.1, -0.05) is 0 Å². The van der Waals surface area contributed by atoms with Crippen LogP contribution >= 0.6 is 11.8 Å². The van der Waals surface area contributed by atoms with Crippen molar-refractivity contribution >= 4 is 39.2 Å². The lowest BCUT2D eigenvalue weighted by Crippen LogP contribution is -2.31. The third-order valence-electron chi connectivity index (χ3n) is 4.06. The second-order valence-electron chi connectivity index (χ2n) is 6.13. The van der Waals surface area contributed by atoms with Crippen molar-refractivity contribution in [3.05, 3.63) is 11.4 Å². The summed E-state index contributed by atoms with van der Waals surface area (Å²) >= 11 is 1.26. The van der Waals surface area contributed by atoms with E-state index in [9.17, 15) is 18.0 Å². The Morgan fingerprint density at radius 1 is 1.44 bits per heavy atom. The van der Waals surface area contributed by atoms with E-state index in [1.807, 2.05) is 6.92 Å². The lowest BCUT2D eigenvalue weighted by Gasteiger charge is -2.14. The van der Waals surface area contributed by atoms with Crippen molar-refractivity contribution in [1.29, 1.82) is 0 Å². The van der Waals surface area contributed by atoms with Gasteiger partial charge >= 0.3 is 5.97 Å². The number of aromatic nitrogens is 2.